The maximum atomic E-state index is 11.2. The molecule has 1 aliphatic rings. The largest absolute Gasteiger partial charge is 0.507 e. The molecule has 116 valence electrons. The molecule has 0 spiro atoms. The van der Waals surface area contributed by atoms with E-state index in [4.69, 9.17) is 5.11 Å². The number of hydrogen-bond donors (Lipinski definition) is 2. The first-order valence-corrected chi connectivity index (χ1v) is 7.91. The third-order valence-corrected chi connectivity index (χ3v) is 5.41. The summed E-state index contributed by atoms with van der Waals surface area (Å²) in [5.74, 6) is -0.111. The molecule has 0 amide bonds. The van der Waals surface area contributed by atoms with Gasteiger partial charge >= 0.3 is 5.97 Å². The standard InChI is InChI=1S/C18H26O3/c1-4-18(2,3)14-7-5-6-12(10-14)13-8-9-16(19)15(11-13)17(20)21/h8-9,11-12,14,19H,4-7,10H2,1-3H3,(H,20,21). The zero-order chi connectivity index (χ0) is 15.6. The molecule has 3 heteroatoms. The summed E-state index contributed by atoms with van der Waals surface area (Å²) < 4.78 is 0. The van der Waals surface area contributed by atoms with E-state index in [1.807, 2.05) is 6.07 Å². The molecule has 0 saturated heterocycles. The molecular weight excluding hydrogens is 264 g/mol. The summed E-state index contributed by atoms with van der Waals surface area (Å²) in [6, 6.07) is 5.06. The van der Waals surface area contributed by atoms with Crippen molar-refractivity contribution in [3.05, 3.63) is 29.3 Å². The number of aromatic carboxylic acids is 1. The van der Waals surface area contributed by atoms with Gasteiger partial charge in [-0.05, 0) is 54.2 Å². The van der Waals surface area contributed by atoms with Crippen LogP contribution in [0.2, 0.25) is 0 Å². The Morgan fingerprint density at radius 1 is 1.33 bits per heavy atom. The Labute approximate surface area is 127 Å². The number of carboxylic acid groups (broad SMARTS) is 1. The average Bonchev–Trinajstić information content (AvgIpc) is 2.47. The third-order valence-electron chi connectivity index (χ3n) is 5.41. The van der Waals surface area contributed by atoms with Crippen molar-refractivity contribution < 1.29 is 15.0 Å². The first-order valence-electron chi connectivity index (χ1n) is 7.91. The molecule has 0 aliphatic heterocycles. The second-order valence-electron chi connectivity index (χ2n) is 6.98. The van der Waals surface area contributed by atoms with E-state index in [0.29, 0.717) is 17.3 Å². The summed E-state index contributed by atoms with van der Waals surface area (Å²) in [6.45, 7) is 6.91. The van der Waals surface area contributed by atoms with E-state index >= 15 is 0 Å². The predicted octanol–water partition coefficient (Wildman–Crippen LogP) is 4.80. The van der Waals surface area contributed by atoms with E-state index < -0.39 is 5.97 Å². The van der Waals surface area contributed by atoms with E-state index in [9.17, 15) is 9.90 Å². The average molecular weight is 290 g/mol. The summed E-state index contributed by atoms with van der Waals surface area (Å²) in [4.78, 5) is 11.2. The van der Waals surface area contributed by atoms with Crippen LogP contribution in [0.15, 0.2) is 18.2 Å². The Kier molecular flexibility index (Phi) is 4.60. The van der Waals surface area contributed by atoms with Crippen molar-refractivity contribution in [3.8, 4) is 5.75 Å². The van der Waals surface area contributed by atoms with Gasteiger partial charge in [0.05, 0.1) is 0 Å². The van der Waals surface area contributed by atoms with Crippen LogP contribution in [0.25, 0.3) is 0 Å². The topological polar surface area (TPSA) is 57.5 Å². The van der Waals surface area contributed by atoms with Crippen LogP contribution in [-0.4, -0.2) is 16.2 Å². The lowest BCUT2D eigenvalue weighted by atomic mass is 9.66. The maximum absolute atomic E-state index is 11.2. The highest BCUT2D eigenvalue weighted by molar-refractivity contribution is 5.90. The van der Waals surface area contributed by atoms with Crippen LogP contribution in [0.3, 0.4) is 0 Å². The van der Waals surface area contributed by atoms with Gasteiger partial charge < -0.3 is 10.2 Å². The van der Waals surface area contributed by atoms with Crippen molar-refractivity contribution in [1.29, 1.82) is 0 Å². The second kappa shape index (κ2) is 6.08. The molecule has 1 aliphatic carbocycles. The van der Waals surface area contributed by atoms with Crippen LogP contribution in [0.4, 0.5) is 0 Å². The van der Waals surface area contributed by atoms with Crippen molar-refractivity contribution in [2.24, 2.45) is 11.3 Å². The minimum Gasteiger partial charge on any atom is -0.507 e. The normalized spacial score (nSPS) is 23.0. The Morgan fingerprint density at radius 2 is 2.05 bits per heavy atom. The summed E-state index contributed by atoms with van der Waals surface area (Å²) in [6.07, 6.45) is 5.86. The van der Waals surface area contributed by atoms with Crippen LogP contribution in [0.1, 0.15) is 74.7 Å². The van der Waals surface area contributed by atoms with Crippen molar-refractivity contribution in [2.45, 2.75) is 58.8 Å². The number of carboxylic acids is 1. The van der Waals surface area contributed by atoms with E-state index in [2.05, 4.69) is 20.8 Å². The van der Waals surface area contributed by atoms with Crippen LogP contribution in [-0.2, 0) is 0 Å². The molecule has 0 bridgehead atoms. The summed E-state index contributed by atoms with van der Waals surface area (Å²) in [7, 11) is 0. The van der Waals surface area contributed by atoms with Crippen molar-refractivity contribution in [2.75, 3.05) is 0 Å². The predicted molar refractivity (Wildman–Crippen MR) is 83.8 cm³/mol. The van der Waals surface area contributed by atoms with Crippen LogP contribution in [0.5, 0.6) is 5.75 Å². The van der Waals surface area contributed by atoms with Gasteiger partial charge in [0, 0.05) is 0 Å². The van der Waals surface area contributed by atoms with Crippen LogP contribution < -0.4 is 0 Å². The van der Waals surface area contributed by atoms with Crippen LogP contribution >= 0.6 is 0 Å². The maximum Gasteiger partial charge on any atom is 0.339 e. The molecular formula is C18H26O3. The fourth-order valence-corrected chi connectivity index (χ4v) is 3.47. The Morgan fingerprint density at radius 3 is 2.67 bits per heavy atom. The molecule has 1 saturated carbocycles. The van der Waals surface area contributed by atoms with Gasteiger partial charge in [-0.1, -0.05) is 39.7 Å². The number of rotatable bonds is 4. The fourth-order valence-electron chi connectivity index (χ4n) is 3.47. The summed E-state index contributed by atoms with van der Waals surface area (Å²) in [5, 5.41) is 18.8. The highest BCUT2D eigenvalue weighted by Crippen LogP contribution is 2.46. The van der Waals surface area contributed by atoms with Crippen molar-refractivity contribution in [3.63, 3.8) is 0 Å². The van der Waals surface area contributed by atoms with E-state index in [0.717, 1.165) is 18.4 Å². The minimum atomic E-state index is -1.06. The molecule has 0 heterocycles. The van der Waals surface area contributed by atoms with Gasteiger partial charge in [-0.15, -0.1) is 0 Å². The molecule has 21 heavy (non-hydrogen) atoms. The quantitative estimate of drug-likeness (QED) is 0.837. The molecule has 2 atom stereocenters. The van der Waals surface area contributed by atoms with Crippen LogP contribution in [0, 0.1) is 11.3 Å². The summed E-state index contributed by atoms with van der Waals surface area (Å²) in [5.41, 5.74) is 1.41. The minimum absolute atomic E-state index is 0.0179. The SMILES string of the molecule is CCC(C)(C)C1CCCC(c2ccc(O)c(C(=O)O)c2)C1. The zero-order valence-corrected chi connectivity index (χ0v) is 13.2. The highest BCUT2D eigenvalue weighted by atomic mass is 16.4. The molecule has 0 aromatic heterocycles. The fraction of sp³-hybridized carbons (Fsp3) is 0.611. The smallest absolute Gasteiger partial charge is 0.339 e. The lowest BCUT2D eigenvalue weighted by Gasteiger charge is -2.39. The van der Waals surface area contributed by atoms with Gasteiger partial charge in [-0.2, -0.15) is 0 Å². The van der Waals surface area contributed by atoms with Gasteiger partial charge in [0.2, 0.25) is 0 Å². The number of phenols is 1. The highest BCUT2D eigenvalue weighted by Gasteiger charge is 2.33. The van der Waals surface area contributed by atoms with Gasteiger partial charge in [0.15, 0.2) is 0 Å². The molecule has 2 rings (SSSR count). The summed E-state index contributed by atoms with van der Waals surface area (Å²) >= 11 is 0. The van der Waals surface area contributed by atoms with Gasteiger partial charge in [0.1, 0.15) is 11.3 Å². The molecule has 1 fully saturated rings. The molecule has 2 N–H and O–H groups in total. The number of aromatic hydroxyl groups is 1. The first kappa shape index (κ1) is 15.9. The Bertz CT molecular complexity index is 519. The molecule has 0 radical (unpaired) electrons. The lowest BCUT2D eigenvalue weighted by molar-refractivity contribution is 0.0693. The first-order chi connectivity index (χ1) is 9.85. The number of benzene rings is 1. The molecule has 2 unspecified atom stereocenters. The second-order valence-corrected chi connectivity index (χ2v) is 6.98. The molecule has 3 nitrogen and oxygen atoms in total. The number of carbonyl (C=O) groups is 1. The molecule has 1 aromatic carbocycles. The zero-order valence-electron chi connectivity index (χ0n) is 13.2. The van der Waals surface area contributed by atoms with E-state index in [-0.39, 0.29) is 11.3 Å². The van der Waals surface area contributed by atoms with E-state index in [1.165, 1.54) is 25.3 Å². The van der Waals surface area contributed by atoms with Crippen molar-refractivity contribution >= 4 is 5.97 Å². The Hall–Kier alpha value is -1.51. The van der Waals surface area contributed by atoms with Gasteiger partial charge in [0.25, 0.3) is 0 Å². The molecule has 1 aromatic rings. The van der Waals surface area contributed by atoms with Crippen molar-refractivity contribution in [1.82, 2.24) is 0 Å². The van der Waals surface area contributed by atoms with Gasteiger partial charge in [-0.25, -0.2) is 4.79 Å². The lowest BCUT2D eigenvalue weighted by Crippen LogP contribution is -2.28. The Balaban J connectivity index is 2.22. The monoisotopic (exact) mass is 290 g/mol. The number of hydrogen-bond acceptors (Lipinski definition) is 2. The van der Waals surface area contributed by atoms with Gasteiger partial charge in [-0.3, -0.25) is 0 Å². The van der Waals surface area contributed by atoms with E-state index in [1.54, 1.807) is 6.07 Å². The third kappa shape index (κ3) is 3.39.